The highest BCUT2D eigenvalue weighted by molar-refractivity contribution is 6.74. The van der Waals surface area contributed by atoms with E-state index < -0.39 is 8.32 Å². The van der Waals surface area contributed by atoms with Gasteiger partial charge in [0.15, 0.2) is 8.32 Å². The van der Waals surface area contributed by atoms with Crippen LogP contribution in [0.1, 0.15) is 40.0 Å². The molecule has 1 atom stereocenters. The van der Waals surface area contributed by atoms with Crippen molar-refractivity contribution >= 4 is 8.32 Å². The summed E-state index contributed by atoms with van der Waals surface area (Å²) < 4.78 is 6.11. The van der Waals surface area contributed by atoms with Crippen molar-refractivity contribution in [1.29, 1.82) is 0 Å². The van der Waals surface area contributed by atoms with Gasteiger partial charge >= 0.3 is 0 Å². The van der Waals surface area contributed by atoms with Gasteiger partial charge in [0, 0.05) is 19.2 Å². The molecule has 1 aliphatic heterocycles. The molecule has 1 aliphatic rings. The lowest BCUT2D eigenvalue weighted by Crippen LogP contribution is -2.40. The predicted octanol–water partition coefficient (Wildman–Crippen LogP) is 3.15. The van der Waals surface area contributed by atoms with Gasteiger partial charge in [-0.05, 0) is 37.4 Å². The first kappa shape index (κ1) is 13.2. The summed E-state index contributed by atoms with van der Waals surface area (Å²) in [7, 11) is -1.48. The molecule has 1 N–H and O–H groups in total. The van der Waals surface area contributed by atoms with E-state index in [1.807, 2.05) is 0 Å². The van der Waals surface area contributed by atoms with E-state index in [4.69, 9.17) is 4.43 Å². The Morgan fingerprint density at radius 2 is 1.87 bits per heavy atom. The third-order valence-electron chi connectivity index (χ3n) is 3.71. The minimum Gasteiger partial charge on any atom is -0.417 e. The fourth-order valence-electron chi connectivity index (χ4n) is 1.32. The molecule has 0 aliphatic carbocycles. The summed E-state index contributed by atoms with van der Waals surface area (Å²) in [4.78, 5) is 0. The second-order valence-corrected chi connectivity index (χ2v) is 11.0. The summed E-state index contributed by atoms with van der Waals surface area (Å²) in [6.45, 7) is 13.8. The maximum Gasteiger partial charge on any atom is 0.191 e. The Bertz CT molecular complexity index is 194. The molecule has 0 amide bonds. The van der Waals surface area contributed by atoms with Gasteiger partial charge < -0.3 is 9.74 Å². The van der Waals surface area contributed by atoms with Crippen molar-refractivity contribution in [2.24, 2.45) is 0 Å². The van der Waals surface area contributed by atoms with E-state index in [1.54, 1.807) is 0 Å². The van der Waals surface area contributed by atoms with Crippen LogP contribution < -0.4 is 5.32 Å². The monoisotopic (exact) mass is 229 g/mol. The Hall–Kier alpha value is 0.137. The van der Waals surface area contributed by atoms with Gasteiger partial charge in [0.2, 0.25) is 0 Å². The van der Waals surface area contributed by atoms with Crippen molar-refractivity contribution in [3.63, 3.8) is 0 Å². The van der Waals surface area contributed by atoms with Gasteiger partial charge in [-0.25, -0.2) is 0 Å². The Kier molecular flexibility index (Phi) is 4.38. The lowest BCUT2D eigenvalue weighted by atomic mass is 10.2. The van der Waals surface area contributed by atoms with Crippen LogP contribution in [-0.2, 0) is 4.43 Å². The molecule has 1 saturated heterocycles. The molecule has 0 bridgehead atoms. The van der Waals surface area contributed by atoms with Crippen molar-refractivity contribution < 1.29 is 4.43 Å². The molecule has 1 fully saturated rings. The van der Waals surface area contributed by atoms with Crippen molar-refractivity contribution in [3.05, 3.63) is 0 Å². The Balaban J connectivity index is 2.06. The average Bonchev–Trinajstić information content (AvgIpc) is 2.85. The molecule has 0 spiro atoms. The highest BCUT2D eigenvalue weighted by Gasteiger charge is 2.36. The quantitative estimate of drug-likeness (QED) is 0.431. The van der Waals surface area contributed by atoms with Gasteiger partial charge in [0.05, 0.1) is 0 Å². The van der Waals surface area contributed by atoms with Crippen molar-refractivity contribution in [2.45, 2.75) is 64.2 Å². The summed E-state index contributed by atoms with van der Waals surface area (Å²) in [6, 6.07) is 0.831. The second-order valence-electron chi connectivity index (χ2n) is 6.21. The third-order valence-corrected chi connectivity index (χ3v) is 8.25. The van der Waals surface area contributed by atoms with Crippen LogP contribution in [-0.4, -0.2) is 27.5 Å². The molecule has 2 nitrogen and oxygen atoms in total. The van der Waals surface area contributed by atoms with Crippen LogP contribution in [0, 0.1) is 0 Å². The number of nitrogens with one attached hydrogen (secondary N) is 1. The van der Waals surface area contributed by atoms with Crippen LogP contribution >= 0.6 is 0 Å². The van der Waals surface area contributed by atoms with Crippen LogP contribution in [0.25, 0.3) is 0 Å². The maximum absolute atomic E-state index is 6.11. The first-order chi connectivity index (χ1) is 6.83. The Morgan fingerprint density at radius 1 is 1.27 bits per heavy atom. The summed E-state index contributed by atoms with van der Waals surface area (Å²) in [5.41, 5.74) is 0. The van der Waals surface area contributed by atoms with E-state index in [9.17, 15) is 0 Å². The van der Waals surface area contributed by atoms with Gasteiger partial charge in [-0.2, -0.15) is 0 Å². The van der Waals surface area contributed by atoms with Crippen LogP contribution in [0.4, 0.5) is 0 Å². The van der Waals surface area contributed by atoms with E-state index in [0.717, 1.165) is 12.6 Å². The molecular weight excluding hydrogens is 202 g/mol. The lowest BCUT2D eigenvalue weighted by Gasteiger charge is -2.36. The van der Waals surface area contributed by atoms with Crippen LogP contribution in [0.3, 0.4) is 0 Å². The fraction of sp³-hybridized carbons (Fsp3) is 1.00. The molecule has 3 heteroatoms. The molecular formula is C12H27NOSi. The van der Waals surface area contributed by atoms with Crippen molar-refractivity contribution in [1.82, 2.24) is 5.32 Å². The zero-order valence-electron chi connectivity index (χ0n) is 11.0. The van der Waals surface area contributed by atoms with Crippen LogP contribution in [0.5, 0.6) is 0 Å². The first-order valence-corrected chi connectivity index (χ1v) is 9.11. The van der Waals surface area contributed by atoms with Crippen LogP contribution in [0.2, 0.25) is 18.1 Å². The first-order valence-electron chi connectivity index (χ1n) is 6.20. The van der Waals surface area contributed by atoms with Gasteiger partial charge in [0.25, 0.3) is 0 Å². The smallest absolute Gasteiger partial charge is 0.191 e. The van der Waals surface area contributed by atoms with E-state index in [1.165, 1.54) is 25.8 Å². The van der Waals surface area contributed by atoms with E-state index >= 15 is 0 Å². The predicted molar refractivity (Wildman–Crippen MR) is 68.8 cm³/mol. The molecule has 0 radical (unpaired) electrons. The average molecular weight is 229 g/mol. The SMILES string of the molecule is CC(C)(C)[Si](C)(C)OCCCC[C@@H]1CN1. The second kappa shape index (κ2) is 4.98. The summed E-state index contributed by atoms with van der Waals surface area (Å²) in [5, 5.41) is 3.69. The standard InChI is InChI=1S/C12H27NOSi/c1-12(2,3)15(4,5)14-9-7-6-8-11-10-13-11/h11,13H,6-10H2,1-5H3/t11-/m1/s1. The van der Waals surface area contributed by atoms with Crippen LogP contribution in [0.15, 0.2) is 0 Å². The van der Waals surface area contributed by atoms with Gasteiger partial charge in [-0.15, -0.1) is 0 Å². The summed E-state index contributed by atoms with van der Waals surface area (Å²) >= 11 is 0. The maximum atomic E-state index is 6.11. The molecule has 15 heavy (non-hydrogen) atoms. The molecule has 0 saturated carbocycles. The van der Waals surface area contributed by atoms with Gasteiger partial charge in [-0.1, -0.05) is 20.8 Å². The minimum absolute atomic E-state index is 0.352. The van der Waals surface area contributed by atoms with Gasteiger partial charge in [0.1, 0.15) is 0 Å². The number of hydrogen-bond donors (Lipinski definition) is 1. The zero-order chi connectivity index (χ0) is 11.5. The molecule has 1 heterocycles. The number of unbranched alkanes of at least 4 members (excludes halogenated alkanes) is 1. The van der Waals surface area contributed by atoms with Gasteiger partial charge in [-0.3, -0.25) is 0 Å². The van der Waals surface area contributed by atoms with E-state index in [2.05, 4.69) is 39.2 Å². The molecule has 1 rings (SSSR count). The van der Waals surface area contributed by atoms with Crippen molar-refractivity contribution in [2.75, 3.05) is 13.2 Å². The summed E-state index contributed by atoms with van der Waals surface area (Å²) in [6.07, 6.45) is 3.87. The number of hydrogen-bond acceptors (Lipinski definition) is 2. The largest absolute Gasteiger partial charge is 0.417 e. The highest BCUT2D eigenvalue weighted by Crippen LogP contribution is 2.36. The Labute approximate surface area is 95.9 Å². The molecule has 0 unspecified atom stereocenters. The highest BCUT2D eigenvalue weighted by atomic mass is 28.4. The summed E-state index contributed by atoms with van der Waals surface area (Å²) in [5.74, 6) is 0. The Morgan fingerprint density at radius 3 is 2.33 bits per heavy atom. The van der Waals surface area contributed by atoms with E-state index in [0.29, 0.717) is 5.04 Å². The molecule has 0 aromatic rings. The minimum atomic E-state index is -1.48. The van der Waals surface area contributed by atoms with Crippen molar-refractivity contribution in [3.8, 4) is 0 Å². The molecule has 0 aromatic carbocycles. The fourth-order valence-corrected chi connectivity index (χ4v) is 2.41. The third kappa shape index (κ3) is 4.66. The lowest BCUT2D eigenvalue weighted by molar-refractivity contribution is 0.278. The molecule has 0 aromatic heterocycles. The van der Waals surface area contributed by atoms with E-state index in [-0.39, 0.29) is 0 Å². The number of rotatable bonds is 6. The molecule has 90 valence electrons. The zero-order valence-corrected chi connectivity index (χ0v) is 12.0. The normalized spacial score (nSPS) is 21.8. The topological polar surface area (TPSA) is 31.2 Å².